The molecule has 0 spiro atoms. The Morgan fingerprint density at radius 1 is 1.15 bits per heavy atom. The summed E-state index contributed by atoms with van der Waals surface area (Å²) in [7, 11) is 4.18. The third-order valence-electron chi connectivity index (χ3n) is 3.32. The molecule has 1 heterocycles. The average Bonchev–Trinajstić information content (AvgIpc) is 2.69. The van der Waals surface area contributed by atoms with Gasteiger partial charge in [-0.15, -0.1) is 11.3 Å². The molecule has 0 aliphatic rings. The molecular formula is C16H23N3S. The second-order valence-electron chi connectivity index (χ2n) is 5.37. The van der Waals surface area contributed by atoms with Gasteiger partial charge in [0.25, 0.3) is 0 Å². The van der Waals surface area contributed by atoms with Gasteiger partial charge < -0.3 is 10.2 Å². The summed E-state index contributed by atoms with van der Waals surface area (Å²) in [6.45, 7) is 8.04. The van der Waals surface area contributed by atoms with Gasteiger partial charge in [-0.3, -0.25) is 0 Å². The van der Waals surface area contributed by atoms with Crippen LogP contribution in [0, 0.1) is 20.8 Å². The number of thiazole rings is 1. The van der Waals surface area contributed by atoms with Crippen molar-refractivity contribution in [2.75, 3.05) is 19.0 Å². The summed E-state index contributed by atoms with van der Waals surface area (Å²) in [6, 6.07) is 6.62. The number of hydrogen-bond donors (Lipinski definition) is 1. The Bertz CT molecular complexity index is 587. The van der Waals surface area contributed by atoms with Gasteiger partial charge in [-0.25, -0.2) is 4.98 Å². The van der Waals surface area contributed by atoms with E-state index in [2.05, 4.69) is 68.3 Å². The molecule has 0 amide bonds. The third-order valence-corrected chi connectivity index (χ3v) is 4.40. The molecule has 108 valence electrons. The topological polar surface area (TPSA) is 28.2 Å². The van der Waals surface area contributed by atoms with Gasteiger partial charge in [-0.1, -0.05) is 12.1 Å². The SMILES string of the molecule is Cc1ccc(CNCc2sc(C)nc2C)c(N(C)C)c1. The summed E-state index contributed by atoms with van der Waals surface area (Å²) >= 11 is 1.78. The van der Waals surface area contributed by atoms with E-state index < -0.39 is 0 Å². The Morgan fingerprint density at radius 2 is 1.90 bits per heavy atom. The molecule has 1 N–H and O–H groups in total. The van der Waals surface area contributed by atoms with Crippen molar-refractivity contribution >= 4 is 17.0 Å². The fourth-order valence-electron chi connectivity index (χ4n) is 2.29. The fourth-order valence-corrected chi connectivity index (χ4v) is 3.19. The first-order valence-corrected chi connectivity index (χ1v) is 7.69. The Hall–Kier alpha value is -1.39. The summed E-state index contributed by atoms with van der Waals surface area (Å²) in [4.78, 5) is 7.97. The molecule has 2 aromatic rings. The molecule has 0 aliphatic carbocycles. The first kappa shape index (κ1) is 15.0. The van der Waals surface area contributed by atoms with Crippen molar-refractivity contribution in [2.24, 2.45) is 0 Å². The lowest BCUT2D eigenvalue weighted by Gasteiger charge is -2.18. The van der Waals surface area contributed by atoms with E-state index in [1.165, 1.54) is 21.7 Å². The number of nitrogens with one attached hydrogen (secondary N) is 1. The van der Waals surface area contributed by atoms with Gasteiger partial charge in [0.05, 0.1) is 10.7 Å². The van der Waals surface area contributed by atoms with Crippen LogP contribution in [0.5, 0.6) is 0 Å². The summed E-state index contributed by atoms with van der Waals surface area (Å²) < 4.78 is 0. The summed E-state index contributed by atoms with van der Waals surface area (Å²) in [5.74, 6) is 0. The van der Waals surface area contributed by atoms with Gasteiger partial charge in [-0.2, -0.15) is 0 Å². The van der Waals surface area contributed by atoms with Gasteiger partial charge in [-0.05, 0) is 38.0 Å². The zero-order valence-corrected chi connectivity index (χ0v) is 13.8. The van der Waals surface area contributed by atoms with Crippen LogP contribution in [0.25, 0.3) is 0 Å². The highest BCUT2D eigenvalue weighted by Crippen LogP contribution is 2.21. The molecule has 0 bridgehead atoms. The monoisotopic (exact) mass is 289 g/mol. The maximum Gasteiger partial charge on any atom is 0.0900 e. The molecule has 3 nitrogen and oxygen atoms in total. The highest BCUT2D eigenvalue weighted by Gasteiger charge is 2.07. The largest absolute Gasteiger partial charge is 0.377 e. The number of aromatic nitrogens is 1. The van der Waals surface area contributed by atoms with E-state index in [-0.39, 0.29) is 0 Å². The molecule has 0 radical (unpaired) electrons. The van der Waals surface area contributed by atoms with E-state index in [0.29, 0.717) is 0 Å². The second-order valence-corrected chi connectivity index (χ2v) is 6.66. The quantitative estimate of drug-likeness (QED) is 0.914. The van der Waals surface area contributed by atoms with Crippen LogP contribution in [-0.4, -0.2) is 19.1 Å². The van der Waals surface area contributed by atoms with E-state index in [4.69, 9.17) is 0 Å². The van der Waals surface area contributed by atoms with Gasteiger partial charge in [0.1, 0.15) is 0 Å². The number of rotatable bonds is 5. The molecule has 0 saturated carbocycles. The van der Waals surface area contributed by atoms with Crippen LogP contribution in [0.15, 0.2) is 18.2 Å². The van der Waals surface area contributed by atoms with Crippen LogP contribution in [-0.2, 0) is 13.1 Å². The number of hydrogen-bond acceptors (Lipinski definition) is 4. The summed E-state index contributed by atoms with van der Waals surface area (Å²) in [5.41, 5.74) is 5.07. The lowest BCUT2D eigenvalue weighted by Crippen LogP contribution is -2.17. The Balaban J connectivity index is 2.02. The Kier molecular flexibility index (Phi) is 4.78. The maximum atomic E-state index is 4.46. The van der Waals surface area contributed by atoms with E-state index in [0.717, 1.165) is 23.8 Å². The van der Waals surface area contributed by atoms with Crippen molar-refractivity contribution in [1.82, 2.24) is 10.3 Å². The predicted molar refractivity (Wildman–Crippen MR) is 87.6 cm³/mol. The summed E-state index contributed by atoms with van der Waals surface area (Å²) in [6.07, 6.45) is 0. The lowest BCUT2D eigenvalue weighted by atomic mass is 10.1. The van der Waals surface area contributed by atoms with Gasteiger partial charge >= 0.3 is 0 Å². The van der Waals surface area contributed by atoms with Gasteiger partial charge in [0, 0.05) is 37.7 Å². The van der Waals surface area contributed by atoms with Crippen LogP contribution < -0.4 is 10.2 Å². The molecule has 0 aliphatic heterocycles. The molecule has 0 atom stereocenters. The van der Waals surface area contributed by atoms with Crippen molar-refractivity contribution < 1.29 is 0 Å². The number of anilines is 1. The van der Waals surface area contributed by atoms with E-state index in [1.54, 1.807) is 11.3 Å². The van der Waals surface area contributed by atoms with Crippen LogP contribution in [0.4, 0.5) is 5.69 Å². The van der Waals surface area contributed by atoms with Crippen LogP contribution in [0.1, 0.15) is 26.7 Å². The number of benzene rings is 1. The van der Waals surface area contributed by atoms with Crippen molar-refractivity contribution in [3.8, 4) is 0 Å². The molecule has 2 rings (SSSR count). The highest BCUT2D eigenvalue weighted by atomic mass is 32.1. The number of aryl methyl sites for hydroxylation is 3. The number of nitrogens with zero attached hydrogens (tertiary/aromatic N) is 2. The summed E-state index contributed by atoms with van der Waals surface area (Å²) in [5, 5.41) is 4.67. The first-order chi connectivity index (χ1) is 9.47. The fraction of sp³-hybridized carbons (Fsp3) is 0.438. The highest BCUT2D eigenvalue weighted by molar-refractivity contribution is 7.11. The third kappa shape index (κ3) is 3.58. The second kappa shape index (κ2) is 6.37. The minimum atomic E-state index is 0.879. The zero-order chi connectivity index (χ0) is 14.7. The normalized spacial score (nSPS) is 10.8. The van der Waals surface area contributed by atoms with Crippen LogP contribution in [0.2, 0.25) is 0 Å². The van der Waals surface area contributed by atoms with E-state index in [9.17, 15) is 0 Å². The Morgan fingerprint density at radius 3 is 2.50 bits per heavy atom. The van der Waals surface area contributed by atoms with E-state index in [1.807, 2.05) is 0 Å². The van der Waals surface area contributed by atoms with Crippen molar-refractivity contribution in [2.45, 2.75) is 33.9 Å². The average molecular weight is 289 g/mol. The molecule has 0 saturated heterocycles. The molecule has 4 heteroatoms. The van der Waals surface area contributed by atoms with Crippen LogP contribution in [0.3, 0.4) is 0 Å². The predicted octanol–water partition coefficient (Wildman–Crippen LogP) is 3.42. The maximum absolute atomic E-state index is 4.46. The Labute approximate surface area is 125 Å². The van der Waals surface area contributed by atoms with E-state index >= 15 is 0 Å². The zero-order valence-electron chi connectivity index (χ0n) is 12.9. The van der Waals surface area contributed by atoms with Crippen molar-refractivity contribution in [3.63, 3.8) is 0 Å². The molecule has 0 fully saturated rings. The minimum Gasteiger partial charge on any atom is -0.377 e. The van der Waals surface area contributed by atoms with Gasteiger partial charge in [0.2, 0.25) is 0 Å². The lowest BCUT2D eigenvalue weighted by molar-refractivity contribution is 0.696. The molecular weight excluding hydrogens is 266 g/mol. The smallest absolute Gasteiger partial charge is 0.0900 e. The van der Waals surface area contributed by atoms with Gasteiger partial charge in [0.15, 0.2) is 0 Å². The standard InChI is InChI=1S/C16H23N3S/c1-11-6-7-14(15(8-11)19(4)5)9-17-10-16-12(2)18-13(3)20-16/h6-8,17H,9-10H2,1-5H3. The molecule has 1 aromatic heterocycles. The van der Waals surface area contributed by atoms with Crippen LogP contribution >= 0.6 is 11.3 Å². The molecule has 1 aromatic carbocycles. The molecule has 20 heavy (non-hydrogen) atoms. The van der Waals surface area contributed by atoms with Crippen molar-refractivity contribution in [1.29, 1.82) is 0 Å². The van der Waals surface area contributed by atoms with Crippen molar-refractivity contribution in [3.05, 3.63) is 44.9 Å². The first-order valence-electron chi connectivity index (χ1n) is 6.88. The molecule has 0 unspecified atom stereocenters. The minimum absolute atomic E-state index is 0.879.